The molecule has 4 rings (SSSR count). The minimum atomic E-state index is 0.0903. The monoisotopic (exact) mass is 362 g/mol. The molecule has 26 heavy (non-hydrogen) atoms. The Bertz CT molecular complexity index is 932. The summed E-state index contributed by atoms with van der Waals surface area (Å²) in [4.78, 5) is 6.44. The first-order valence-corrected chi connectivity index (χ1v) is 9.24. The number of aromatic nitrogens is 2. The predicted octanol–water partition coefficient (Wildman–Crippen LogP) is 4.30. The van der Waals surface area contributed by atoms with Gasteiger partial charge in [-0.1, -0.05) is 17.7 Å². The van der Waals surface area contributed by atoms with E-state index in [4.69, 9.17) is 12.2 Å². The molecule has 3 aromatic rings. The molecule has 1 N–H and O–H groups in total. The van der Waals surface area contributed by atoms with Gasteiger partial charge in [-0.3, -0.25) is 4.98 Å². The zero-order valence-electron chi connectivity index (χ0n) is 15.0. The number of anilines is 1. The second kappa shape index (κ2) is 6.92. The molecule has 0 unspecified atom stereocenters. The summed E-state index contributed by atoms with van der Waals surface area (Å²) in [6.07, 6.45) is 5.83. The Morgan fingerprint density at radius 1 is 1.12 bits per heavy atom. The van der Waals surface area contributed by atoms with Crippen LogP contribution in [-0.4, -0.2) is 26.1 Å². The van der Waals surface area contributed by atoms with E-state index in [1.165, 1.54) is 22.4 Å². The highest BCUT2D eigenvalue weighted by Crippen LogP contribution is 2.32. The number of thiocarbonyl (C=S) groups is 1. The molecule has 0 aliphatic carbocycles. The number of fused-ring (bicyclic) bond motifs is 1. The maximum Gasteiger partial charge on any atom is 0.174 e. The Morgan fingerprint density at radius 3 is 2.69 bits per heavy atom. The molecule has 0 saturated heterocycles. The Kier molecular flexibility index (Phi) is 4.47. The number of hydrogen-bond donors (Lipinski definition) is 1. The number of rotatable bonds is 2. The first kappa shape index (κ1) is 16.8. The van der Waals surface area contributed by atoms with Gasteiger partial charge in [-0.2, -0.15) is 0 Å². The lowest BCUT2D eigenvalue weighted by atomic mass is 10.0. The van der Waals surface area contributed by atoms with Crippen LogP contribution in [-0.2, 0) is 6.54 Å². The van der Waals surface area contributed by atoms with Gasteiger partial charge in [0.15, 0.2) is 5.11 Å². The van der Waals surface area contributed by atoms with Gasteiger partial charge in [0.05, 0.1) is 6.04 Å². The minimum Gasteiger partial charge on any atom is -0.348 e. The summed E-state index contributed by atoms with van der Waals surface area (Å²) in [5.41, 5.74) is 5.98. The van der Waals surface area contributed by atoms with E-state index in [0.717, 1.165) is 23.9 Å². The number of aryl methyl sites for hydroxylation is 2. The molecule has 1 aliphatic heterocycles. The fourth-order valence-electron chi connectivity index (χ4n) is 3.64. The van der Waals surface area contributed by atoms with Crippen molar-refractivity contribution in [3.05, 3.63) is 83.4 Å². The summed E-state index contributed by atoms with van der Waals surface area (Å²) in [5, 5.41) is 4.22. The molecule has 3 heterocycles. The summed E-state index contributed by atoms with van der Waals surface area (Å²) in [5.74, 6) is 0. The van der Waals surface area contributed by atoms with E-state index in [1.807, 2.05) is 12.4 Å². The lowest BCUT2D eigenvalue weighted by Crippen LogP contribution is -2.44. The molecule has 1 atom stereocenters. The van der Waals surface area contributed by atoms with Gasteiger partial charge in [0.25, 0.3) is 0 Å². The van der Waals surface area contributed by atoms with Crippen molar-refractivity contribution >= 4 is 23.0 Å². The molecule has 0 fully saturated rings. The third kappa shape index (κ3) is 3.10. The van der Waals surface area contributed by atoms with E-state index in [1.54, 1.807) is 0 Å². The van der Waals surface area contributed by atoms with Crippen molar-refractivity contribution in [2.24, 2.45) is 0 Å². The van der Waals surface area contributed by atoms with Gasteiger partial charge in [0, 0.05) is 43.1 Å². The Labute approximate surface area is 159 Å². The second-order valence-electron chi connectivity index (χ2n) is 6.75. The minimum absolute atomic E-state index is 0.0903. The molecule has 5 heteroatoms. The quantitative estimate of drug-likeness (QED) is 0.689. The summed E-state index contributed by atoms with van der Waals surface area (Å²) in [6.45, 7) is 6.01. The highest BCUT2D eigenvalue weighted by Gasteiger charge is 2.30. The lowest BCUT2D eigenvalue weighted by Gasteiger charge is -2.39. The first-order chi connectivity index (χ1) is 12.6. The lowest BCUT2D eigenvalue weighted by molar-refractivity contribution is 0.293. The van der Waals surface area contributed by atoms with Crippen molar-refractivity contribution in [3.63, 3.8) is 0 Å². The van der Waals surface area contributed by atoms with Crippen LogP contribution in [0.2, 0.25) is 0 Å². The zero-order chi connectivity index (χ0) is 18.1. The topological polar surface area (TPSA) is 33.1 Å². The number of nitrogens with one attached hydrogen (secondary N) is 1. The average Bonchev–Trinajstić information content (AvgIpc) is 3.12. The van der Waals surface area contributed by atoms with E-state index in [0.29, 0.717) is 0 Å². The number of benzene rings is 1. The third-order valence-corrected chi connectivity index (χ3v) is 5.28. The van der Waals surface area contributed by atoms with Crippen LogP contribution in [0.3, 0.4) is 0 Å². The maximum atomic E-state index is 5.82. The van der Waals surface area contributed by atoms with E-state index in [2.05, 4.69) is 82.3 Å². The maximum absolute atomic E-state index is 5.82. The zero-order valence-corrected chi connectivity index (χ0v) is 15.8. The van der Waals surface area contributed by atoms with Crippen LogP contribution in [0.1, 0.15) is 28.4 Å². The van der Waals surface area contributed by atoms with Crippen molar-refractivity contribution in [1.29, 1.82) is 0 Å². The van der Waals surface area contributed by atoms with Crippen LogP contribution in [0, 0.1) is 13.8 Å². The Hall–Kier alpha value is -2.66. The number of pyridine rings is 1. The molecule has 0 saturated carbocycles. The molecular formula is C21H22N4S. The van der Waals surface area contributed by atoms with Crippen LogP contribution >= 0.6 is 12.2 Å². The Balaban J connectivity index is 1.67. The van der Waals surface area contributed by atoms with Crippen molar-refractivity contribution in [2.45, 2.75) is 26.4 Å². The third-order valence-electron chi connectivity index (χ3n) is 4.94. The second-order valence-corrected chi connectivity index (χ2v) is 7.14. The molecule has 0 bridgehead atoms. The van der Waals surface area contributed by atoms with Gasteiger partial charge in [-0.15, -0.1) is 0 Å². The first-order valence-electron chi connectivity index (χ1n) is 8.83. The van der Waals surface area contributed by atoms with Crippen LogP contribution in [0.25, 0.3) is 0 Å². The average molecular weight is 363 g/mol. The molecule has 1 aliphatic rings. The standard InChI is InChI=1S/C21H22N4S/c1-15-5-6-18(16(2)14-15)23-21(26)25-13-12-24-11-3-4-19(24)20(25)17-7-9-22-10-8-17/h3-11,14,20H,12-13H2,1-2H3,(H,23,26)/t20-/m0/s1. The van der Waals surface area contributed by atoms with Crippen molar-refractivity contribution in [3.8, 4) is 0 Å². The van der Waals surface area contributed by atoms with Crippen LogP contribution in [0.5, 0.6) is 0 Å². The molecule has 0 amide bonds. The van der Waals surface area contributed by atoms with Crippen molar-refractivity contribution in [1.82, 2.24) is 14.5 Å². The molecule has 0 spiro atoms. The summed E-state index contributed by atoms with van der Waals surface area (Å²) < 4.78 is 2.31. The van der Waals surface area contributed by atoms with Gasteiger partial charge in [-0.25, -0.2) is 0 Å². The van der Waals surface area contributed by atoms with Gasteiger partial charge in [0.2, 0.25) is 0 Å². The van der Waals surface area contributed by atoms with E-state index < -0.39 is 0 Å². The highest BCUT2D eigenvalue weighted by atomic mass is 32.1. The van der Waals surface area contributed by atoms with Gasteiger partial charge in [-0.05, 0) is 67.5 Å². The van der Waals surface area contributed by atoms with Gasteiger partial charge >= 0.3 is 0 Å². The highest BCUT2D eigenvalue weighted by molar-refractivity contribution is 7.80. The van der Waals surface area contributed by atoms with Crippen LogP contribution in [0.4, 0.5) is 5.69 Å². The van der Waals surface area contributed by atoms with E-state index >= 15 is 0 Å². The predicted molar refractivity (Wildman–Crippen MR) is 109 cm³/mol. The summed E-state index contributed by atoms with van der Waals surface area (Å²) >= 11 is 5.82. The van der Waals surface area contributed by atoms with E-state index in [-0.39, 0.29) is 6.04 Å². The fourth-order valence-corrected chi connectivity index (χ4v) is 3.95. The molecule has 0 radical (unpaired) electrons. The van der Waals surface area contributed by atoms with Crippen molar-refractivity contribution in [2.75, 3.05) is 11.9 Å². The molecule has 4 nitrogen and oxygen atoms in total. The fraction of sp³-hybridized carbons (Fsp3) is 0.238. The van der Waals surface area contributed by atoms with E-state index in [9.17, 15) is 0 Å². The molecule has 1 aromatic carbocycles. The van der Waals surface area contributed by atoms with Crippen LogP contribution in [0.15, 0.2) is 61.1 Å². The summed E-state index contributed by atoms with van der Waals surface area (Å²) in [7, 11) is 0. The normalized spacial score (nSPS) is 16.2. The Morgan fingerprint density at radius 2 is 1.92 bits per heavy atom. The number of hydrogen-bond acceptors (Lipinski definition) is 2. The van der Waals surface area contributed by atoms with Gasteiger partial charge < -0.3 is 14.8 Å². The SMILES string of the molecule is Cc1ccc(NC(=S)N2CCn3cccc3[C@@H]2c2ccncc2)c(C)c1. The molecule has 132 valence electrons. The van der Waals surface area contributed by atoms with Crippen molar-refractivity contribution < 1.29 is 0 Å². The summed E-state index contributed by atoms with van der Waals surface area (Å²) in [6, 6.07) is 14.9. The van der Waals surface area contributed by atoms with Gasteiger partial charge in [0.1, 0.15) is 0 Å². The van der Waals surface area contributed by atoms with Crippen LogP contribution < -0.4 is 5.32 Å². The molecular weight excluding hydrogens is 340 g/mol. The number of nitrogens with zero attached hydrogens (tertiary/aromatic N) is 3. The largest absolute Gasteiger partial charge is 0.348 e. The molecule has 2 aromatic heterocycles. The smallest absolute Gasteiger partial charge is 0.174 e.